The molecule has 0 bridgehead atoms. The molecule has 3 nitrogen and oxygen atoms in total. The smallest absolute Gasteiger partial charge is 0.126 e. The van der Waals surface area contributed by atoms with Crippen LogP contribution in [0, 0.1) is 13.8 Å². The molecule has 0 spiro atoms. The monoisotopic (exact) mass is 271 g/mol. The number of likely N-dealkylation sites (N-methyl/N-ethyl adjacent to an activating group) is 1. The molecule has 0 saturated heterocycles. The third-order valence-corrected chi connectivity index (χ3v) is 3.57. The van der Waals surface area contributed by atoms with E-state index in [2.05, 4.69) is 67.0 Å². The van der Waals surface area contributed by atoms with Gasteiger partial charge in [0.15, 0.2) is 0 Å². The topological polar surface area (TPSA) is 29.9 Å². The van der Waals surface area contributed by atoms with Crippen molar-refractivity contribution in [3.8, 4) is 0 Å². The maximum absolute atomic E-state index is 4.55. The number of rotatable bonds is 6. The van der Waals surface area contributed by atoms with Crippen molar-refractivity contribution in [3.05, 3.63) is 53.1 Å². The summed E-state index contributed by atoms with van der Waals surface area (Å²) in [7, 11) is 0. The van der Waals surface area contributed by atoms with Gasteiger partial charge in [-0.15, -0.1) is 0 Å². The molecule has 2 aromatic rings. The van der Waals surface area contributed by atoms with Gasteiger partial charge in [0, 0.05) is 18.9 Å². The summed E-state index contributed by atoms with van der Waals surface area (Å²) in [4.78, 5) is 4.55. The number of hydrogen-bond donors (Lipinski definition) is 1. The van der Waals surface area contributed by atoms with Gasteiger partial charge in [-0.3, -0.25) is 0 Å². The van der Waals surface area contributed by atoms with E-state index in [0.717, 1.165) is 25.3 Å². The Balaban J connectivity index is 2.25. The average Bonchev–Trinajstić information content (AvgIpc) is 2.85. The highest BCUT2D eigenvalue weighted by atomic mass is 15.1. The molecule has 0 aliphatic carbocycles. The molecule has 1 aromatic heterocycles. The first kappa shape index (κ1) is 14.8. The zero-order valence-corrected chi connectivity index (χ0v) is 13.0. The standard InChI is InChI=1S/C17H25N3/c1-5-18-16(17-19-7-8-20(17)6-2)12-15-10-13(3)9-14(4)11-15/h7-11,16,18H,5-6,12H2,1-4H3. The van der Waals surface area contributed by atoms with Crippen LogP contribution in [-0.4, -0.2) is 16.1 Å². The Morgan fingerprint density at radius 2 is 1.85 bits per heavy atom. The second kappa shape index (κ2) is 6.71. The number of nitrogens with zero attached hydrogens (tertiary/aromatic N) is 2. The summed E-state index contributed by atoms with van der Waals surface area (Å²) in [6, 6.07) is 7.04. The minimum Gasteiger partial charge on any atom is -0.334 e. The Labute approximate surface area is 122 Å². The number of aryl methyl sites for hydroxylation is 3. The van der Waals surface area contributed by atoms with Gasteiger partial charge in [-0.05, 0) is 39.3 Å². The van der Waals surface area contributed by atoms with Gasteiger partial charge in [-0.2, -0.15) is 0 Å². The van der Waals surface area contributed by atoms with Crippen LogP contribution in [0.15, 0.2) is 30.6 Å². The van der Waals surface area contributed by atoms with E-state index < -0.39 is 0 Å². The van der Waals surface area contributed by atoms with Gasteiger partial charge >= 0.3 is 0 Å². The molecule has 0 radical (unpaired) electrons. The Hall–Kier alpha value is -1.61. The molecule has 1 unspecified atom stereocenters. The SMILES string of the molecule is CCNC(Cc1cc(C)cc(C)c1)c1nccn1CC. The summed E-state index contributed by atoms with van der Waals surface area (Å²) in [5.74, 6) is 1.13. The second-order valence-corrected chi connectivity index (χ2v) is 5.38. The predicted molar refractivity (Wildman–Crippen MR) is 83.9 cm³/mol. The number of hydrogen-bond acceptors (Lipinski definition) is 2. The molecule has 0 aliphatic rings. The van der Waals surface area contributed by atoms with Crippen LogP contribution in [-0.2, 0) is 13.0 Å². The Morgan fingerprint density at radius 3 is 2.45 bits per heavy atom. The van der Waals surface area contributed by atoms with Gasteiger partial charge in [-0.25, -0.2) is 4.98 Å². The Bertz CT molecular complexity index is 537. The van der Waals surface area contributed by atoms with Crippen LogP contribution in [0.25, 0.3) is 0 Å². The largest absolute Gasteiger partial charge is 0.334 e. The van der Waals surface area contributed by atoms with Crippen molar-refractivity contribution in [1.29, 1.82) is 0 Å². The first-order valence-electron chi connectivity index (χ1n) is 7.45. The molecule has 1 heterocycles. The summed E-state index contributed by atoms with van der Waals surface area (Å²) in [6.45, 7) is 10.5. The Kier molecular flexibility index (Phi) is 4.96. The lowest BCUT2D eigenvalue weighted by Crippen LogP contribution is -2.26. The molecular weight excluding hydrogens is 246 g/mol. The van der Waals surface area contributed by atoms with Crippen molar-refractivity contribution < 1.29 is 0 Å². The third kappa shape index (κ3) is 3.48. The number of imidazole rings is 1. The summed E-state index contributed by atoms with van der Waals surface area (Å²) in [5, 5.41) is 3.56. The second-order valence-electron chi connectivity index (χ2n) is 5.38. The summed E-state index contributed by atoms with van der Waals surface area (Å²) >= 11 is 0. The quantitative estimate of drug-likeness (QED) is 0.872. The van der Waals surface area contributed by atoms with Gasteiger partial charge < -0.3 is 9.88 Å². The van der Waals surface area contributed by atoms with Crippen LogP contribution in [0.5, 0.6) is 0 Å². The summed E-state index contributed by atoms with van der Waals surface area (Å²) in [5.41, 5.74) is 4.03. The van der Waals surface area contributed by atoms with Gasteiger partial charge in [0.1, 0.15) is 5.82 Å². The molecule has 2 rings (SSSR count). The van der Waals surface area contributed by atoms with Crippen LogP contribution in [0.4, 0.5) is 0 Å². The van der Waals surface area contributed by atoms with Crippen molar-refractivity contribution in [2.24, 2.45) is 0 Å². The van der Waals surface area contributed by atoms with Crippen LogP contribution in [0.2, 0.25) is 0 Å². The van der Waals surface area contributed by atoms with Gasteiger partial charge in [0.25, 0.3) is 0 Å². The van der Waals surface area contributed by atoms with E-state index in [1.54, 1.807) is 0 Å². The number of aromatic nitrogens is 2. The van der Waals surface area contributed by atoms with Crippen molar-refractivity contribution in [1.82, 2.24) is 14.9 Å². The highest BCUT2D eigenvalue weighted by Crippen LogP contribution is 2.19. The van der Waals surface area contributed by atoms with Gasteiger partial charge in [-0.1, -0.05) is 36.2 Å². The van der Waals surface area contributed by atoms with E-state index in [1.165, 1.54) is 16.7 Å². The van der Waals surface area contributed by atoms with Gasteiger partial charge in [0.05, 0.1) is 6.04 Å². The molecule has 0 amide bonds. The van der Waals surface area contributed by atoms with E-state index in [9.17, 15) is 0 Å². The lowest BCUT2D eigenvalue weighted by atomic mass is 10.0. The lowest BCUT2D eigenvalue weighted by molar-refractivity contribution is 0.495. The molecule has 20 heavy (non-hydrogen) atoms. The fraction of sp³-hybridized carbons (Fsp3) is 0.471. The van der Waals surface area contributed by atoms with Crippen molar-refractivity contribution in [2.75, 3.05) is 6.54 Å². The predicted octanol–water partition coefficient (Wildman–Crippen LogP) is 3.41. The van der Waals surface area contributed by atoms with E-state index in [1.807, 2.05) is 6.20 Å². The van der Waals surface area contributed by atoms with Crippen LogP contribution >= 0.6 is 0 Å². The highest BCUT2D eigenvalue weighted by molar-refractivity contribution is 5.29. The fourth-order valence-electron chi connectivity index (χ4n) is 2.82. The maximum Gasteiger partial charge on any atom is 0.126 e. The molecule has 0 aliphatic heterocycles. The van der Waals surface area contributed by atoms with E-state index in [4.69, 9.17) is 0 Å². The third-order valence-electron chi connectivity index (χ3n) is 3.57. The molecule has 1 atom stereocenters. The van der Waals surface area contributed by atoms with Crippen molar-refractivity contribution >= 4 is 0 Å². The zero-order chi connectivity index (χ0) is 14.5. The fourth-order valence-corrected chi connectivity index (χ4v) is 2.82. The molecule has 0 saturated carbocycles. The van der Waals surface area contributed by atoms with E-state index in [0.29, 0.717) is 0 Å². The first-order valence-corrected chi connectivity index (χ1v) is 7.45. The number of benzene rings is 1. The van der Waals surface area contributed by atoms with Gasteiger partial charge in [0.2, 0.25) is 0 Å². The Morgan fingerprint density at radius 1 is 1.15 bits per heavy atom. The summed E-state index contributed by atoms with van der Waals surface area (Å²) in [6.07, 6.45) is 4.93. The van der Waals surface area contributed by atoms with Crippen molar-refractivity contribution in [3.63, 3.8) is 0 Å². The molecule has 108 valence electrons. The minimum absolute atomic E-state index is 0.274. The van der Waals surface area contributed by atoms with Crippen LogP contribution in [0.3, 0.4) is 0 Å². The molecule has 1 N–H and O–H groups in total. The first-order chi connectivity index (χ1) is 9.63. The van der Waals surface area contributed by atoms with Crippen LogP contribution in [0.1, 0.15) is 42.4 Å². The highest BCUT2D eigenvalue weighted by Gasteiger charge is 2.16. The maximum atomic E-state index is 4.55. The molecule has 3 heteroatoms. The van der Waals surface area contributed by atoms with Crippen molar-refractivity contribution in [2.45, 2.75) is 46.7 Å². The number of nitrogens with one attached hydrogen (secondary N) is 1. The normalized spacial score (nSPS) is 12.6. The van der Waals surface area contributed by atoms with Crippen LogP contribution < -0.4 is 5.32 Å². The average molecular weight is 271 g/mol. The van der Waals surface area contributed by atoms with E-state index >= 15 is 0 Å². The minimum atomic E-state index is 0.274. The van der Waals surface area contributed by atoms with E-state index in [-0.39, 0.29) is 6.04 Å². The summed E-state index contributed by atoms with van der Waals surface area (Å²) < 4.78 is 2.22. The molecule has 1 aromatic carbocycles. The zero-order valence-electron chi connectivity index (χ0n) is 13.0. The molecule has 0 fully saturated rings. The lowest BCUT2D eigenvalue weighted by Gasteiger charge is -2.19. The molecular formula is C17H25N3.